The molecule has 2 aliphatic rings. The van der Waals surface area contributed by atoms with Crippen molar-refractivity contribution in [2.24, 2.45) is 11.3 Å². The van der Waals surface area contributed by atoms with E-state index in [1.807, 2.05) is 6.92 Å². The molecule has 0 spiro atoms. The van der Waals surface area contributed by atoms with Crippen molar-refractivity contribution < 1.29 is 0 Å². The van der Waals surface area contributed by atoms with Crippen LogP contribution >= 0.6 is 12.4 Å². The number of aryl methyl sites for hydroxylation is 2. The summed E-state index contributed by atoms with van der Waals surface area (Å²) in [5.74, 6) is 2.66. The lowest BCUT2D eigenvalue weighted by Gasteiger charge is -2.37. The van der Waals surface area contributed by atoms with Gasteiger partial charge < -0.3 is 10.2 Å². The topological polar surface area (TPSA) is 46.0 Å². The van der Waals surface area contributed by atoms with Crippen LogP contribution in [0.4, 0.5) is 0 Å². The van der Waals surface area contributed by atoms with Gasteiger partial charge in [-0.15, -0.1) is 12.4 Å². The van der Waals surface area contributed by atoms with E-state index < -0.39 is 0 Å². The molecule has 0 aromatic carbocycles. The zero-order chi connectivity index (χ0) is 14.9. The second-order valence-corrected chi connectivity index (χ2v) is 7.37. The molecule has 3 heterocycles. The highest BCUT2D eigenvalue weighted by atomic mass is 35.5. The van der Waals surface area contributed by atoms with Crippen LogP contribution in [0.2, 0.25) is 0 Å². The zero-order valence-corrected chi connectivity index (χ0v) is 15.0. The van der Waals surface area contributed by atoms with Gasteiger partial charge in [0.25, 0.3) is 0 Å². The van der Waals surface area contributed by atoms with E-state index in [0.717, 1.165) is 24.1 Å². The highest BCUT2D eigenvalue weighted by molar-refractivity contribution is 5.85. The number of hydrogen-bond acceptors (Lipinski definition) is 4. The second-order valence-electron chi connectivity index (χ2n) is 7.37. The maximum atomic E-state index is 4.52. The third-order valence-electron chi connectivity index (χ3n) is 5.06. The van der Waals surface area contributed by atoms with Crippen molar-refractivity contribution in [2.75, 3.05) is 32.7 Å². The summed E-state index contributed by atoms with van der Waals surface area (Å²) in [5, 5.41) is 8.04. The fraction of sp³-hybridized carbons (Fsp3) is 0.875. The van der Waals surface area contributed by atoms with Crippen molar-refractivity contribution in [1.29, 1.82) is 0 Å². The van der Waals surface area contributed by atoms with Crippen LogP contribution in [-0.2, 0) is 6.54 Å². The van der Waals surface area contributed by atoms with E-state index in [1.165, 1.54) is 52.0 Å². The van der Waals surface area contributed by atoms with E-state index in [1.54, 1.807) is 0 Å². The minimum absolute atomic E-state index is 0. The Bertz CT molecular complexity index is 481. The van der Waals surface area contributed by atoms with Crippen molar-refractivity contribution >= 4 is 12.4 Å². The first kappa shape index (κ1) is 17.7. The summed E-state index contributed by atoms with van der Waals surface area (Å²) in [4.78, 5) is 7.10. The summed E-state index contributed by atoms with van der Waals surface area (Å²) < 4.78 is 2.10. The van der Waals surface area contributed by atoms with Crippen LogP contribution in [0.15, 0.2) is 0 Å². The third-order valence-corrected chi connectivity index (χ3v) is 5.06. The van der Waals surface area contributed by atoms with E-state index in [4.69, 9.17) is 0 Å². The van der Waals surface area contributed by atoms with Gasteiger partial charge in [-0.2, -0.15) is 5.10 Å². The van der Waals surface area contributed by atoms with Crippen molar-refractivity contribution in [3.8, 4) is 0 Å². The third kappa shape index (κ3) is 4.21. The number of halogens is 1. The smallest absolute Gasteiger partial charge is 0.147 e. The van der Waals surface area contributed by atoms with Gasteiger partial charge in [0.05, 0.1) is 0 Å². The molecule has 3 rings (SSSR count). The molecule has 0 bridgehead atoms. The van der Waals surface area contributed by atoms with Crippen molar-refractivity contribution in [3.63, 3.8) is 0 Å². The molecule has 2 atom stereocenters. The molecule has 1 N–H and O–H groups in total. The fourth-order valence-corrected chi connectivity index (χ4v) is 3.97. The highest BCUT2D eigenvalue weighted by Gasteiger charge is 2.32. The number of hydrogen-bond donors (Lipinski definition) is 1. The summed E-state index contributed by atoms with van der Waals surface area (Å²) in [6.45, 7) is 13.6. The van der Waals surface area contributed by atoms with Gasteiger partial charge in [-0.05, 0) is 57.5 Å². The molecule has 2 aliphatic heterocycles. The molecule has 1 aromatic rings. The van der Waals surface area contributed by atoms with Crippen LogP contribution in [0.5, 0.6) is 0 Å². The minimum Gasteiger partial charge on any atom is -0.316 e. The second kappa shape index (κ2) is 7.28. The van der Waals surface area contributed by atoms with Crippen molar-refractivity contribution in [1.82, 2.24) is 25.0 Å². The summed E-state index contributed by atoms with van der Waals surface area (Å²) in [7, 11) is 0. The number of likely N-dealkylation sites (tertiary alicyclic amines) is 1. The predicted molar refractivity (Wildman–Crippen MR) is 91.5 cm³/mol. The average Bonchev–Trinajstić information content (AvgIpc) is 2.97. The van der Waals surface area contributed by atoms with Crippen LogP contribution in [0.1, 0.15) is 37.8 Å². The van der Waals surface area contributed by atoms with Crippen LogP contribution in [-0.4, -0.2) is 52.4 Å². The van der Waals surface area contributed by atoms with Gasteiger partial charge in [0.1, 0.15) is 11.6 Å². The van der Waals surface area contributed by atoms with Crippen LogP contribution in [0, 0.1) is 25.2 Å². The number of nitrogens with one attached hydrogen (secondary N) is 1. The van der Waals surface area contributed by atoms with E-state index in [-0.39, 0.29) is 12.4 Å². The lowest BCUT2D eigenvalue weighted by Crippen LogP contribution is -2.43. The highest BCUT2D eigenvalue weighted by Crippen LogP contribution is 2.28. The molecule has 0 aliphatic carbocycles. The normalized spacial score (nSPS) is 29.5. The lowest BCUT2D eigenvalue weighted by atomic mass is 9.87. The minimum atomic E-state index is 0. The number of rotatable bonds is 4. The molecule has 2 unspecified atom stereocenters. The molecule has 1 aromatic heterocycles. The Labute approximate surface area is 140 Å². The Morgan fingerprint density at radius 2 is 2.18 bits per heavy atom. The maximum Gasteiger partial charge on any atom is 0.147 e. The first-order valence-corrected chi connectivity index (χ1v) is 8.35. The summed E-state index contributed by atoms with van der Waals surface area (Å²) in [5.41, 5.74) is 0.474. The molecule has 126 valence electrons. The van der Waals surface area contributed by atoms with E-state index in [9.17, 15) is 0 Å². The van der Waals surface area contributed by atoms with Crippen LogP contribution < -0.4 is 5.32 Å². The van der Waals surface area contributed by atoms with Gasteiger partial charge in [0.2, 0.25) is 0 Å². The van der Waals surface area contributed by atoms with Gasteiger partial charge in [-0.25, -0.2) is 9.67 Å². The Balaban J connectivity index is 0.00000176. The fourth-order valence-electron chi connectivity index (χ4n) is 3.97. The molecule has 0 radical (unpaired) electrons. The first-order valence-electron chi connectivity index (χ1n) is 8.35. The monoisotopic (exact) mass is 327 g/mol. The molecule has 5 nitrogen and oxygen atoms in total. The first-order chi connectivity index (χ1) is 10.0. The number of aromatic nitrogens is 3. The predicted octanol–water partition coefficient (Wildman–Crippen LogP) is 2.03. The quantitative estimate of drug-likeness (QED) is 0.919. The zero-order valence-electron chi connectivity index (χ0n) is 14.1. The van der Waals surface area contributed by atoms with Crippen LogP contribution in [0.3, 0.4) is 0 Å². The molecule has 2 saturated heterocycles. The molecule has 2 fully saturated rings. The van der Waals surface area contributed by atoms with E-state index in [2.05, 4.69) is 38.8 Å². The number of nitrogens with zero attached hydrogens (tertiary/aromatic N) is 4. The van der Waals surface area contributed by atoms with Gasteiger partial charge in [-0.1, -0.05) is 6.92 Å². The molecular weight excluding hydrogens is 298 g/mol. The van der Waals surface area contributed by atoms with Gasteiger partial charge >= 0.3 is 0 Å². The maximum absolute atomic E-state index is 4.52. The lowest BCUT2D eigenvalue weighted by molar-refractivity contribution is 0.112. The molecule has 22 heavy (non-hydrogen) atoms. The van der Waals surface area contributed by atoms with Gasteiger partial charge in [-0.3, -0.25) is 0 Å². The Hall–Kier alpha value is -0.650. The van der Waals surface area contributed by atoms with Crippen molar-refractivity contribution in [2.45, 2.75) is 46.6 Å². The molecule has 6 heteroatoms. The molecule has 0 amide bonds. The van der Waals surface area contributed by atoms with E-state index in [0.29, 0.717) is 5.41 Å². The Kier molecular flexibility index (Phi) is 5.86. The Morgan fingerprint density at radius 1 is 1.36 bits per heavy atom. The molecular formula is C16H30ClN5. The summed E-state index contributed by atoms with van der Waals surface area (Å²) in [6.07, 6.45) is 3.96. The molecule has 0 saturated carbocycles. The average molecular weight is 328 g/mol. The van der Waals surface area contributed by atoms with Gasteiger partial charge in [0.15, 0.2) is 0 Å². The number of piperidine rings is 1. The van der Waals surface area contributed by atoms with E-state index >= 15 is 0 Å². The summed E-state index contributed by atoms with van der Waals surface area (Å²) in [6, 6.07) is 0. The standard InChI is InChI=1S/C16H29N5.ClH/c1-13-18-14(2)21(19-13)10-15-5-4-8-20(9-15)12-16(3)6-7-17-11-16;/h15,17H,4-12H2,1-3H3;1H. The summed E-state index contributed by atoms with van der Waals surface area (Å²) >= 11 is 0. The van der Waals surface area contributed by atoms with Gasteiger partial charge in [0, 0.05) is 26.2 Å². The van der Waals surface area contributed by atoms with Crippen molar-refractivity contribution in [3.05, 3.63) is 11.6 Å². The van der Waals surface area contributed by atoms with Crippen LogP contribution in [0.25, 0.3) is 0 Å². The largest absolute Gasteiger partial charge is 0.316 e. The SMILES string of the molecule is Cc1nc(C)n(CC2CCCN(CC3(C)CCNC3)C2)n1.Cl. The Morgan fingerprint density at radius 3 is 2.82 bits per heavy atom.